The van der Waals surface area contributed by atoms with Gasteiger partial charge in [0.25, 0.3) is 0 Å². The number of halogens is 1. The predicted octanol–water partition coefficient (Wildman–Crippen LogP) is 5.37. The molecular weight excluding hydrogens is 358 g/mol. The summed E-state index contributed by atoms with van der Waals surface area (Å²) in [6.07, 6.45) is 5.19. The number of benzene rings is 1. The fraction of sp³-hybridized carbons (Fsp3) is 0.368. The van der Waals surface area contributed by atoms with Crippen LogP contribution in [0.1, 0.15) is 42.5 Å². The Balaban J connectivity index is 1.90. The van der Waals surface area contributed by atoms with E-state index in [4.69, 9.17) is 16.3 Å². The average Bonchev–Trinajstić information content (AvgIpc) is 3.06. The lowest BCUT2D eigenvalue weighted by Gasteiger charge is -2.20. The summed E-state index contributed by atoms with van der Waals surface area (Å²) in [5.74, 6) is -0.431. The second-order valence-corrected chi connectivity index (χ2v) is 7.49. The molecule has 132 valence electrons. The van der Waals surface area contributed by atoms with Gasteiger partial charge in [-0.15, -0.1) is 11.3 Å². The minimum absolute atomic E-state index is 0.00522. The molecule has 1 N–H and O–H groups in total. The second kappa shape index (κ2) is 8.02. The monoisotopic (exact) mass is 377 g/mol. The molecule has 2 aromatic rings. The molecule has 0 aliphatic heterocycles. The van der Waals surface area contributed by atoms with Gasteiger partial charge in [0.1, 0.15) is 10.6 Å². The van der Waals surface area contributed by atoms with Crippen LogP contribution in [0, 0.1) is 5.92 Å². The Morgan fingerprint density at radius 1 is 1.16 bits per heavy atom. The van der Waals surface area contributed by atoms with Crippen LogP contribution in [0.25, 0.3) is 11.1 Å². The zero-order valence-electron chi connectivity index (χ0n) is 14.0. The Bertz CT molecular complexity index is 763. The van der Waals surface area contributed by atoms with Gasteiger partial charge in [-0.05, 0) is 30.5 Å². The van der Waals surface area contributed by atoms with Crippen LogP contribution in [0.2, 0.25) is 5.02 Å². The molecular formula is C19H20ClNO3S. The van der Waals surface area contributed by atoms with E-state index in [-0.39, 0.29) is 11.8 Å². The van der Waals surface area contributed by atoms with Gasteiger partial charge in [-0.2, -0.15) is 0 Å². The van der Waals surface area contributed by atoms with Crippen molar-refractivity contribution in [2.45, 2.75) is 32.1 Å². The van der Waals surface area contributed by atoms with Crippen molar-refractivity contribution < 1.29 is 14.3 Å². The lowest BCUT2D eigenvalue weighted by atomic mass is 9.88. The normalized spacial score (nSPS) is 15.0. The second-order valence-electron chi connectivity index (χ2n) is 6.18. The topological polar surface area (TPSA) is 55.4 Å². The molecule has 1 aliphatic carbocycles. The number of anilines is 1. The predicted molar refractivity (Wildman–Crippen MR) is 101 cm³/mol. The van der Waals surface area contributed by atoms with Crippen molar-refractivity contribution in [3.63, 3.8) is 0 Å². The van der Waals surface area contributed by atoms with Crippen molar-refractivity contribution in [3.8, 4) is 11.1 Å². The molecule has 1 aromatic heterocycles. The zero-order valence-corrected chi connectivity index (χ0v) is 15.6. The quantitative estimate of drug-likeness (QED) is 0.728. The first-order chi connectivity index (χ1) is 12.1. The molecule has 4 nitrogen and oxygen atoms in total. The molecule has 0 unspecified atom stereocenters. The number of esters is 1. The summed E-state index contributed by atoms with van der Waals surface area (Å²) in [6, 6.07) is 7.25. The number of hydrogen-bond donors (Lipinski definition) is 1. The first-order valence-corrected chi connectivity index (χ1v) is 9.62. The Morgan fingerprint density at radius 3 is 2.48 bits per heavy atom. The minimum atomic E-state index is -0.454. The van der Waals surface area contributed by atoms with Crippen molar-refractivity contribution in [3.05, 3.63) is 40.2 Å². The number of methoxy groups -OCH3 is 1. The largest absolute Gasteiger partial charge is 0.465 e. The van der Waals surface area contributed by atoms with Crippen LogP contribution in [0.15, 0.2) is 29.6 Å². The fourth-order valence-electron chi connectivity index (χ4n) is 3.18. The third-order valence-electron chi connectivity index (χ3n) is 4.55. The number of nitrogens with one attached hydrogen (secondary N) is 1. The van der Waals surface area contributed by atoms with Crippen molar-refractivity contribution in [2.75, 3.05) is 12.4 Å². The maximum atomic E-state index is 12.5. The standard InChI is InChI=1S/C19H20ClNO3S/c1-24-19(23)16-15(12-7-9-14(20)10-8-12)11-25-18(16)21-17(22)13-5-3-2-4-6-13/h7-11,13H,2-6H2,1H3,(H,21,22). The summed E-state index contributed by atoms with van der Waals surface area (Å²) in [6.45, 7) is 0. The SMILES string of the molecule is COC(=O)c1c(-c2ccc(Cl)cc2)csc1NC(=O)C1CCCCC1. The molecule has 0 atom stereocenters. The molecule has 3 rings (SSSR count). The summed E-state index contributed by atoms with van der Waals surface area (Å²) in [5, 5.41) is 5.99. The molecule has 1 saturated carbocycles. The van der Waals surface area contributed by atoms with E-state index in [2.05, 4.69) is 5.32 Å². The van der Waals surface area contributed by atoms with Crippen LogP contribution in [0.3, 0.4) is 0 Å². The van der Waals surface area contributed by atoms with Gasteiger partial charge in [0.15, 0.2) is 0 Å². The van der Waals surface area contributed by atoms with Gasteiger partial charge in [0.05, 0.1) is 7.11 Å². The van der Waals surface area contributed by atoms with Gasteiger partial charge in [0.2, 0.25) is 5.91 Å². The van der Waals surface area contributed by atoms with Crippen LogP contribution >= 0.6 is 22.9 Å². The van der Waals surface area contributed by atoms with Gasteiger partial charge < -0.3 is 10.1 Å². The summed E-state index contributed by atoms with van der Waals surface area (Å²) in [5.41, 5.74) is 2.01. The molecule has 0 bridgehead atoms. The lowest BCUT2D eigenvalue weighted by molar-refractivity contribution is -0.120. The van der Waals surface area contributed by atoms with Gasteiger partial charge >= 0.3 is 5.97 Å². The molecule has 6 heteroatoms. The molecule has 1 fully saturated rings. The van der Waals surface area contributed by atoms with Gasteiger partial charge in [-0.1, -0.05) is 43.0 Å². The maximum Gasteiger partial charge on any atom is 0.341 e. The highest BCUT2D eigenvalue weighted by atomic mass is 35.5. The van der Waals surface area contributed by atoms with Gasteiger partial charge in [-0.25, -0.2) is 4.79 Å². The van der Waals surface area contributed by atoms with E-state index < -0.39 is 5.97 Å². The van der Waals surface area contributed by atoms with Gasteiger partial charge in [-0.3, -0.25) is 4.79 Å². The average molecular weight is 378 g/mol. The van der Waals surface area contributed by atoms with E-state index in [1.165, 1.54) is 24.9 Å². The highest BCUT2D eigenvalue weighted by Crippen LogP contribution is 2.37. The number of hydrogen-bond acceptors (Lipinski definition) is 4. The molecule has 1 amide bonds. The number of thiophene rings is 1. The molecule has 1 aromatic carbocycles. The van der Waals surface area contributed by atoms with Gasteiger partial charge in [0, 0.05) is 21.9 Å². The number of carbonyl (C=O) groups is 2. The number of ether oxygens (including phenoxy) is 1. The first kappa shape index (κ1) is 18.0. The highest BCUT2D eigenvalue weighted by Gasteiger charge is 2.26. The van der Waals surface area contributed by atoms with E-state index in [1.807, 2.05) is 17.5 Å². The Morgan fingerprint density at radius 2 is 1.84 bits per heavy atom. The zero-order chi connectivity index (χ0) is 17.8. The lowest BCUT2D eigenvalue weighted by Crippen LogP contribution is -2.25. The minimum Gasteiger partial charge on any atom is -0.465 e. The van der Waals surface area contributed by atoms with E-state index >= 15 is 0 Å². The Labute approximate surface area is 156 Å². The van der Waals surface area contributed by atoms with Crippen molar-refractivity contribution in [1.29, 1.82) is 0 Å². The van der Waals surface area contributed by atoms with E-state index in [0.29, 0.717) is 15.6 Å². The highest BCUT2D eigenvalue weighted by molar-refractivity contribution is 7.15. The van der Waals surface area contributed by atoms with E-state index in [0.717, 1.165) is 36.8 Å². The smallest absolute Gasteiger partial charge is 0.341 e. The first-order valence-electron chi connectivity index (χ1n) is 8.36. The van der Waals surface area contributed by atoms with Crippen LogP contribution in [-0.2, 0) is 9.53 Å². The van der Waals surface area contributed by atoms with Crippen molar-refractivity contribution in [1.82, 2.24) is 0 Å². The maximum absolute atomic E-state index is 12.5. The Hall–Kier alpha value is -1.85. The third kappa shape index (κ3) is 4.05. The van der Waals surface area contributed by atoms with E-state index in [1.54, 1.807) is 12.1 Å². The number of amides is 1. The van der Waals surface area contributed by atoms with Crippen LogP contribution in [0.5, 0.6) is 0 Å². The van der Waals surface area contributed by atoms with Crippen LogP contribution in [-0.4, -0.2) is 19.0 Å². The molecule has 0 spiro atoms. The molecule has 1 aliphatic rings. The molecule has 0 saturated heterocycles. The third-order valence-corrected chi connectivity index (χ3v) is 5.70. The summed E-state index contributed by atoms with van der Waals surface area (Å²) < 4.78 is 4.94. The van der Waals surface area contributed by atoms with Crippen molar-refractivity contribution >= 4 is 39.8 Å². The van der Waals surface area contributed by atoms with E-state index in [9.17, 15) is 9.59 Å². The molecule has 1 heterocycles. The van der Waals surface area contributed by atoms with Crippen LogP contribution in [0.4, 0.5) is 5.00 Å². The molecule has 0 radical (unpaired) electrons. The summed E-state index contributed by atoms with van der Waals surface area (Å²) >= 11 is 7.29. The molecule has 25 heavy (non-hydrogen) atoms. The number of carbonyl (C=O) groups excluding carboxylic acids is 2. The number of rotatable bonds is 4. The van der Waals surface area contributed by atoms with Crippen LogP contribution < -0.4 is 5.32 Å². The summed E-state index contributed by atoms with van der Waals surface area (Å²) in [7, 11) is 1.35. The Kier molecular flexibility index (Phi) is 5.76. The fourth-order valence-corrected chi connectivity index (χ4v) is 4.26. The summed E-state index contributed by atoms with van der Waals surface area (Å²) in [4.78, 5) is 24.9. The van der Waals surface area contributed by atoms with Crippen molar-refractivity contribution in [2.24, 2.45) is 5.92 Å².